The van der Waals surface area contributed by atoms with Crippen LogP contribution in [0.3, 0.4) is 0 Å². The fraction of sp³-hybridized carbons (Fsp3) is 0.0526. The van der Waals surface area contributed by atoms with Gasteiger partial charge in [0.25, 0.3) is 0 Å². The molecule has 6 aromatic carbocycles. The average molecular weight is 531 g/mol. The van der Waals surface area contributed by atoms with E-state index in [9.17, 15) is 0 Å². The fourth-order valence-electron chi connectivity index (χ4n) is 6.08. The zero-order chi connectivity index (χ0) is 26.6. The molecular weight excluding hydrogens is 504 g/mol. The van der Waals surface area contributed by atoms with Crippen molar-refractivity contribution in [3.05, 3.63) is 145 Å². The molecule has 0 bridgehead atoms. The molecule has 0 amide bonds. The van der Waals surface area contributed by atoms with Gasteiger partial charge in [0.2, 0.25) is 0 Å². The molecule has 0 spiro atoms. The van der Waals surface area contributed by atoms with Gasteiger partial charge in [0.1, 0.15) is 11.2 Å². The van der Waals surface area contributed by atoms with Crippen LogP contribution in [0.4, 0.5) is 0 Å². The normalized spacial score (nSPS) is 12.5. The Balaban J connectivity index is 1.11. The summed E-state index contributed by atoms with van der Waals surface area (Å²) >= 11 is 1.87. The van der Waals surface area contributed by atoms with Gasteiger partial charge in [0.15, 0.2) is 0 Å². The Kier molecular flexibility index (Phi) is 5.36. The summed E-state index contributed by atoms with van der Waals surface area (Å²) in [6.07, 6.45) is 0. The lowest BCUT2D eigenvalue weighted by atomic mass is 9.90. The van der Waals surface area contributed by atoms with Crippen LogP contribution in [0.25, 0.3) is 64.4 Å². The second kappa shape index (κ2) is 9.22. The number of thiophene rings is 1. The zero-order valence-corrected chi connectivity index (χ0v) is 22.9. The molecule has 0 aliphatic heterocycles. The molecular formula is C38H26OS. The van der Waals surface area contributed by atoms with Crippen molar-refractivity contribution in [2.24, 2.45) is 0 Å². The number of hydrogen-bond acceptors (Lipinski definition) is 2. The highest BCUT2D eigenvalue weighted by molar-refractivity contribution is 7.25. The van der Waals surface area contributed by atoms with Crippen molar-refractivity contribution >= 4 is 53.4 Å². The van der Waals surface area contributed by atoms with E-state index >= 15 is 0 Å². The van der Waals surface area contributed by atoms with E-state index in [2.05, 4.69) is 128 Å². The maximum Gasteiger partial charge on any atom is 0.143 e. The highest BCUT2D eigenvalue weighted by Crippen LogP contribution is 2.40. The molecule has 40 heavy (non-hydrogen) atoms. The predicted octanol–water partition coefficient (Wildman–Crippen LogP) is 11.4. The summed E-state index contributed by atoms with van der Waals surface area (Å²) in [7, 11) is 0. The van der Waals surface area contributed by atoms with Crippen molar-refractivity contribution in [2.45, 2.75) is 12.8 Å². The SMILES string of the molecule is CC(c1ccc(-c2cccc3c2oc2ccccc23)cc1)c1ccc(-c2cccc3sc4ccccc4c23)cc1. The third-order valence-corrected chi connectivity index (χ3v) is 9.39. The molecule has 1 unspecified atom stereocenters. The van der Waals surface area contributed by atoms with Crippen molar-refractivity contribution in [3.63, 3.8) is 0 Å². The Morgan fingerprint density at radius 2 is 1.07 bits per heavy atom. The summed E-state index contributed by atoms with van der Waals surface area (Å²) in [5, 5.41) is 5.03. The minimum Gasteiger partial charge on any atom is -0.455 e. The molecule has 0 N–H and O–H groups in total. The molecule has 0 aliphatic rings. The smallest absolute Gasteiger partial charge is 0.143 e. The van der Waals surface area contributed by atoms with Gasteiger partial charge < -0.3 is 4.42 Å². The molecule has 8 aromatic rings. The van der Waals surface area contributed by atoms with Crippen LogP contribution in [-0.4, -0.2) is 0 Å². The Morgan fingerprint density at radius 1 is 0.500 bits per heavy atom. The Hall–Kier alpha value is -4.66. The number of hydrogen-bond donors (Lipinski definition) is 0. The van der Waals surface area contributed by atoms with Crippen LogP contribution in [0.2, 0.25) is 0 Å². The minimum absolute atomic E-state index is 0.294. The van der Waals surface area contributed by atoms with Gasteiger partial charge in [-0.05, 0) is 46.0 Å². The van der Waals surface area contributed by atoms with E-state index in [1.54, 1.807) is 0 Å². The van der Waals surface area contributed by atoms with Gasteiger partial charge in [0, 0.05) is 42.4 Å². The quantitative estimate of drug-likeness (QED) is 0.220. The Bertz CT molecular complexity index is 2160. The van der Waals surface area contributed by atoms with Gasteiger partial charge in [-0.2, -0.15) is 0 Å². The summed E-state index contributed by atoms with van der Waals surface area (Å²) in [5.41, 5.74) is 9.38. The standard InChI is InChI=1S/C38H26OS/c1-24(25-16-20-27(21-17-25)29-10-7-15-36-37(29)33-9-3-5-14-35(33)40-36)26-18-22-28(23-19-26)30-11-6-12-32-31-8-2-4-13-34(31)39-38(30)32/h2-24H,1H3. The maximum absolute atomic E-state index is 6.28. The van der Waals surface area contributed by atoms with E-state index in [4.69, 9.17) is 4.42 Å². The summed E-state index contributed by atoms with van der Waals surface area (Å²) in [4.78, 5) is 0. The Morgan fingerprint density at radius 3 is 1.85 bits per heavy atom. The van der Waals surface area contributed by atoms with Gasteiger partial charge >= 0.3 is 0 Å². The molecule has 0 saturated carbocycles. The molecule has 1 nitrogen and oxygen atoms in total. The number of para-hydroxylation sites is 2. The summed E-state index contributed by atoms with van der Waals surface area (Å²) in [5.74, 6) is 0.294. The fourth-order valence-corrected chi connectivity index (χ4v) is 7.22. The summed E-state index contributed by atoms with van der Waals surface area (Å²) in [6.45, 7) is 2.29. The average Bonchev–Trinajstić information content (AvgIpc) is 3.59. The number of rotatable bonds is 4. The van der Waals surface area contributed by atoms with E-state index in [1.165, 1.54) is 48.0 Å². The van der Waals surface area contributed by atoms with Gasteiger partial charge in [-0.3, -0.25) is 0 Å². The minimum atomic E-state index is 0.294. The van der Waals surface area contributed by atoms with Crippen LogP contribution in [0, 0.1) is 0 Å². The molecule has 0 saturated heterocycles. The first-order valence-corrected chi connectivity index (χ1v) is 14.6. The monoisotopic (exact) mass is 530 g/mol. The number of benzene rings is 6. The van der Waals surface area contributed by atoms with Crippen molar-refractivity contribution in [2.75, 3.05) is 0 Å². The summed E-state index contributed by atoms with van der Waals surface area (Å²) in [6, 6.07) is 48.2. The van der Waals surface area contributed by atoms with Crippen LogP contribution in [-0.2, 0) is 0 Å². The second-order valence-electron chi connectivity index (χ2n) is 10.5. The van der Waals surface area contributed by atoms with Gasteiger partial charge in [-0.1, -0.05) is 122 Å². The molecule has 0 radical (unpaired) electrons. The molecule has 190 valence electrons. The molecule has 2 heterocycles. The molecule has 0 fully saturated rings. The van der Waals surface area contributed by atoms with E-state index in [1.807, 2.05) is 23.5 Å². The topological polar surface area (TPSA) is 13.1 Å². The van der Waals surface area contributed by atoms with Gasteiger partial charge in [0.05, 0.1) is 0 Å². The van der Waals surface area contributed by atoms with Crippen molar-refractivity contribution in [3.8, 4) is 22.3 Å². The van der Waals surface area contributed by atoms with Crippen LogP contribution in [0.1, 0.15) is 24.0 Å². The lowest BCUT2D eigenvalue weighted by molar-refractivity contribution is 0.670. The third kappa shape index (κ3) is 3.68. The van der Waals surface area contributed by atoms with Gasteiger partial charge in [-0.25, -0.2) is 0 Å². The van der Waals surface area contributed by atoms with Crippen LogP contribution >= 0.6 is 11.3 Å². The molecule has 0 aliphatic carbocycles. The van der Waals surface area contributed by atoms with Crippen molar-refractivity contribution in [1.82, 2.24) is 0 Å². The van der Waals surface area contributed by atoms with Gasteiger partial charge in [-0.15, -0.1) is 11.3 Å². The highest BCUT2D eigenvalue weighted by Gasteiger charge is 2.15. The molecule has 2 aromatic heterocycles. The largest absolute Gasteiger partial charge is 0.455 e. The lowest BCUT2D eigenvalue weighted by Crippen LogP contribution is -1.96. The molecule has 1 atom stereocenters. The van der Waals surface area contributed by atoms with Crippen LogP contribution in [0.15, 0.2) is 138 Å². The maximum atomic E-state index is 6.28. The van der Waals surface area contributed by atoms with E-state index in [0.717, 1.165) is 27.5 Å². The third-order valence-electron chi connectivity index (χ3n) is 8.25. The number of furan rings is 1. The van der Waals surface area contributed by atoms with E-state index in [-0.39, 0.29) is 0 Å². The highest BCUT2D eigenvalue weighted by atomic mass is 32.1. The first-order chi connectivity index (χ1) is 19.7. The zero-order valence-electron chi connectivity index (χ0n) is 22.1. The second-order valence-corrected chi connectivity index (χ2v) is 11.6. The Labute approximate surface area is 236 Å². The first kappa shape index (κ1) is 23.2. The molecule has 2 heteroatoms. The first-order valence-electron chi connectivity index (χ1n) is 13.8. The lowest BCUT2D eigenvalue weighted by Gasteiger charge is -2.14. The van der Waals surface area contributed by atoms with Crippen molar-refractivity contribution < 1.29 is 4.42 Å². The number of fused-ring (bicyclic) bond motifs is 6. The van der Waals surface area contributed by atoms with Crippen LogP contribution < -0.4 is 0 Å². The van der Waals surface area contributed by atoms with Crippen LogP contribution in [0.5, 0.6) is 0 Å². The van der Waals surface area contributed by atoms with E-state index in [0.29, 0.717) is 5.92 Å². The van der Waals surface area contributed by atoms with Crippen molar-refractivity contribution in [1.29, 1.82) is 0 Å². The predicted molar refractivity (Wildman–Crippen MR) is 171 cm³/mol. The van der Waals surface area contributed by atoms with E-state index < -0.39 is 0 Å². The summed E-state index contributed by atoms with van der Waals surface area (Å²) < 4.78 is 8.96. The molecule has 8 rings (SSSR count).